The van der Waals surface area contributed by atoms with Crippen molar-refractivity contribution in [1.29, 1.82) is 0 Å². The highest BCUT2D eigenvalue weighted by molar-refractivity contribution is 5.69. The number of likely N-dealkylation sites (N-methyl/N-ethyl adjacent to an activating group) is 1. The number of hydrogen-bond acceptors (Lipinski definition) is 6. The standard InChI is InChI=1S/C23H26FN3O3.C7H10FN/c1-3-9-19(24)10-6-7-11-21-26-23(30-27-21)18-14-13-17(2)20(16-18)25-15-8-4-5-12-22(28)29;1-3-7(9-2)5-4-6-8/h3,6,9-10,13-16H,1,4-5,7-8,11-12H2,2H3,(H,28,29);3-6,9H,1H2,2H3/b10-6-,19-9+,25-15?;6-4+,7-5+. The fraction of sp³-hybridized carbons (Fsp3) is 0.267. The van der Waals surface area contributed by atoms with Gasteiger partial charge >= 0.3 is 5.97 Å². The fourth-order valence-corrected chi connectivity index (χ4v) is 3.00. The van der Waals surface area contributed by atoms with Crippen LogP contribution in [0.5, 0.6) is 0 Å². The molecule has 0 aliphatic heterocycles. The number of unbranched alkanes of at least 4 members (excludes halogenated alkanes) is 2. The average molecular weight is 539 g/mol. The third-order valence-electron chi connectivity index (χ3n) is 5.07. The number of rotatable bonds is 15. The highest BCUT2D eigenvalue weighted by Crippen LogP contribution is 2.26. The van der Waals surface area contributed by atoms with Gasteiger partial charge in [0, 0.05) is 37.4 Å². The van der Waals surface area contributed by atoms with Gasteiger partial charge < -0.3 is 14.9 Å². The van der Waals surface area contributed by atoms with Gasteiger partial charge in [0.15, 0.2) is 5.82 Å². The summed E-state index contributed by atoms with van der Waals surface area (Å²) < 4.78 is 29.9. The molecule has 208 valence electrons. The first-order valence-electron chi connectivity index (χ1n) is 12.4. The third-order valence-corrected chi connectivity index (χ3v) is 5.07. The lowest BCUT2D eigenvalue weighted by atomic mass is 10.1. The number of hydrogen-bond donors (Lipinski definition) is 2. The number of carboxylic acid groups (broad SMARTS) is 1. The lowest BCUT2D eigenvalue weighted by molar-refractivity contribution is -0.137. The number of aryl methyl sites for hydroxylation is 2. The molecule has 9 heteroatoms. The zero-order valence-corrected chi connectivity index (χ0v) is 22.4. The number of aromatic nitrogens is 2. The van der Waals surface area contributed by atoms with Crippen molar-refractivity contribution in [1.82, 2.24) is 15.5 Å². The number of benzene rings is 1. The smallest absolute Gasteiger partial charge is 0.303 e. The van der Waals surface area contributed by atoms with Gasteiger partial charge in [0.2, 0.25) is 0 Å². The Morgan fingerprint density at radius 2 is 2.03 bits per heavy atom. The average Bonchev–Trinajstić information content (AvgIpc) is 3.39. The van der Waals surface area contributed by atoms with Crippen molar-refractivity contribution < 1.29 is 23.2 Å². The molecule has 0 amide bonds. The molecule has 0 aliphatic rings. The van der Waals surface area contributed by atoms with Crippen LogP contribution < -0.4 is 5.32 Å². The van der Waals surface area contributed by atoms with E-state index in [0.717, 1.165) is 35.4 Å². The predicted molar refractivity (Wildman–Crippen MR) is 153 cm³/mol. The Labute approximate surface area is 228 Å². The summed E-state index contributed by atoms with van der Waals surface area (Å²) in [5, 5.41) is 15.4. The van der Waals surface area contributed by atoms with Crippen LogP contribution in [0.2, 0.25) is 0 Å². The molecule has 0 radical (unpaired) electrons. The summed E-state index contributed by atoms with van der Waals surface area (Å²) in [4.78, 5) is 19.4. The van der Waals surface area contributed by atoms with E-state index in [2.05, 4.69) is 33.6 Å². The van der Waals surface area contributed by atoms with Gasteiger partial charge in [-0.05, 0) is 80.7 Å². The Morgan fingerprint density at radius 1 is 1.23 bits per heavy atom. The van der Waals surface area contributed by atoms with Crippen LogP contribution >= 0.6 is 0 Å². The fourth-order valence-electron chi connectivity index (χ4n) is 3.00. The summed E-state index contributed by atoms with van der Waals surface area (Å²) >= 11 is 0. The number of allylic oxidation sites excluding steroid dienone is 8. The second kappa shape index (κ2) is 19.7. The molecule has 0 saturated carbocycles. The van der Waals surface area contributed by atoms with Crippen molar-refractivity contribution in [3.63, 3.8) is 0 Å². The van der Waals surface area contributed by atoms with Crippen LogP contribution in [0, 0.1) is 6.92 Å². The summed E-state index contributed by atoms with van der Waals surface area (Å²) in [5.74, 6) is -0.174. The van der Waals surface area contributed by atoms with Gasteiger partial charge in [-0.25, -0.2) is 8.78 Å². The van der Waals surface area contributed by atoms with Gasteiger partial charge in [-0.2, -0.15) is 4.98 Å². The minimum absolute atomic E-state index is 0.179. The van der Waals surface area contributed by atoms with E-state index in [0.29, 0.717) is 37.3 Å². The monoisotopic (exact) mass is 538 g/mol. The van der Waals surface area contributed by atoms with Crippen molar-refractivity contribution in [3.05, 3.63) is 103 Å². The van der Waals surface area contributed by atoms with E-state index in [1.54, 1.807) is 31.5 Å². The molecule has 0 fully saturated rings. The molecule has 7 nitrogen and oxygen atoms in total. The number of halogens is 2. The number of nitrogens with zero attached hydrogens (tertiary/aromatic N) is 3. The van der Waals surface area contributed by atoms with Gasteiger partial charge in [-0.1, -0.05) is 36.5 Å². The number of nitrogens with one attached hydrogen (secondary N) is 1. The molecular formula is C30H36F2N4O3. The number of aliphatic carboxylic acids is 1. The minimum atomic E-state index is -0.776. The number of aliphatic imine (C=N–C) groups is 1. The second-order valence-corrected chi connectivity index (χ2v) is 8.09. The molecule has 1 aromatic heterocycles. The maximum absolute atomic E-state index is 13.2. The molecule has 1 aromatic carbocycles. The first-order chi connectivity index (χ1) is 18.8. The Balaban J connectivity index is 0.000000724. The Bertz CT molecular complexity index is 1210. The van der Waals surface area contributed by atoms with E-state index in [-0.39, 0.29) is 12.2 Å². The van der Waals surface area contributed by atoms with Crippen LogP contribution in [-0.4, -0.2) is 34.5 Å². The van der Waals surface area contributed by atoms with Gasteiger partial charge in [0.05, 0.1) is 12.0 Å². The second-order valence-electron chi connectivity index (χ2n) is 8.09. The van der Waals surface area contributed by atoms with Gasteiger partial charge in [-0.3, -0.25) is 9.79 Å². The molecule has 0 unspecified atom stereocenters. The van der Waals surface area contributed by atoms with Crippen LogP contribution in [-0.2, 0) is 11.2 Å². The number of carbonyl (C=O) groups is 1. The zero-order chi connectivity index (χ0) is 28.9. The molecule has 0 bridgehead atoms. The first kappa shape index (κ1) is 32.6. The molecule has 2 aromatic rings. The maximum atomic E-state index is 13.2. The van der Waals surface area contributed by atoms with Crippen LogP contribution in [0.25, 0.3) is 11.5 Å². The minimum Gasteiger partial charge on any atom is -0.481 e. The van der Waals surface area contributed by atoms with E-state index in [1.165, 1.54) is 24.3 Å². The van der Waals surface area contributed by atoms with Crippen molar-refractivity contribution in [2.45, 2.75) is 45.4 Å². The third kappa shape index (κ3) is 14.2. The summed E-state index contributed by atoms with van der Waals surface area (Å²) in [7, 11) is 1.75. The molecule has 2 N–H and O–H groups in total. The molecule has 0 aliphatic carbocycles. The highest BCUT2D eigenvalue weighted by Gasteiger charge is 2.10. The lowest BCUT2D eigenvalue weighted by Crippen LogP contribution is -2.01. The molecule has 2 rings (SSSR count). The van der Waals surface area contributed by atoms with E-state index in [9.17, 15) is 13.6 Å². The topological polar surface area (TPSA) is 101 Å². The molecule has 0 saturated heterocycles. The van der Waals surface area contributed by atoms with E-state index in [1.807, 2.05) is 25.1 Å². The van der Waals surface area contributed by atoms with Crippen LogP contribution in [0.4, 0.5) is 14.5 Å². The van der Waals surface area contributed by atoms with Crippen molar-refractivity contribution >= 4 is 17.9 Å². The van der Waals surface area contributed by atoms with Crippen LogP contribution in [0.3, 0.4) is 0 Å². The zero-order valence-electron chi connectivity index (χ0n) is 22.4. The van der Waals surface area contributed by atoms with Crippen LogP contribution in [0.1, 0.15) is 43.5 Å². The number of carboxylic acids is 1. The van der Waals surface area contributed by atoms with Gasteiger partial charge in [-0.15, -0.1) is 0 Å². The van der Waals surface area contributed by atoms with E-state index < -0.39 is 5.97 Å². The van der Waals surface area contributed by atoms with Crippen molar-refractivity contribution in [2.24, 2.45) is 4.99 Å². The largest absolute Gasteiger partial charge is 0.481 e. The first-order valence-corrected chi connectivity index (χ1v) is 12.4. The summed E-state index contributed by atoms with van der Waals surface area (Å²) in [6.45, 7) is 8.90. The van der Waals surface area contributed by atoms with Gasteiger partial charge in [0.25, 0.3) is 5.89 Å². The maximum Gasteiger partial charge on any atom is 0.303 e. The molecule has 39 heavy (non-hydrogen) atoms. The quantitative estimate of drug-likeness (QED) is 0.137. The highest BCUT2D eigenvalue weighted by atomic mass is 19.1. The lowest BCUT2D eigenvalue weighted by Gasteiger charge is -2.02. The van der Waals surface area contributed by atoms with Crippen molar-refractivity contribution in [2.75, 3.05) is 7.05 Å². The molecule has 1 heterocycles. The Morgan fingerprint density at radius 3 is 2.69 bits per heavy atom. The van der Waals surface area contributed by atoms with E-state index in [4.69, 9.17) is 9.63 Å². The summed E-state index contributed by atoms with van der Waals surface area (Å²) in [5.41, 5.74) is 3.38. The van der Waals surface area contributed by atoms with Gasteiger partial charge in [0.1, 0.15) is 5.83 Å². The molecule has 0 spiro atoms. The van der Waals surface area contributed by atoms with Crippen molar-refractivity contribution in [3.8, 4) is 11.5 Å². The molecule has 0 atom stereocenters. The molecular weight excluding hydrogens is 502 g/mol. The van der Waals surface area contributed by atoms with Crippen LogP contribution in [0.15, 0.2) is 101 Å². The SMILES string of the molecule is C=C/C(=C\C=C\F)NC.C=C/C=C(F)\C=C/CCc1noc(-c2ccc(C)c(N=CCCCCC(=O)O)c2)n1. The normalized spacial score (nSPS) is 12.1. The summed E-state index contributed by atoms with van der Waals surface area (Å²) in [6, 6.07) is 5.72. The Kier molecular flexibility index (Phi) is 16.5. The van der Waals surface area contributed by atoms with E-state index >= 15 is 0 Å². The predicted octanol–water partition coefficient (Wildman–Crippen LogP) is 7.68. The Hall–Kier alpha value is -4.40. The summed E-state index contributed by atoms with van der Waals surface area (Å²) in [6.07, 6.45) is 16.0.